The summed E-state index contributed by atoms with van der Waals surface area (Å²) in [6.07, 6.45) is 4.65. The van der Waals surface area contributed by atoms with Gasteiger partial charge in [0.2, 0.25) is 0 Å². The smallest absolute Gasteiger partial charge is 0.162 e. The van der Waals surface area contributed by atoms with Gasteiger partial charge in [-0.3, -0.25) is 9.58 Å². The van der Waals surface area contributed by atoms with E-state index in [1.54, 1.807) is 0 Å². The molecule has 1 aliphatic heterocycles. The maximum Gasteiger partial charge on any atom is 0.162 e. The first-order valence-corrected chi connectivity index (χ1v) is 12.2. The van der Waals surface area contributed by atoms with E-state index in [2.05, 4.69) is 26.6 Å². The SMILES string of the molecule is CCc1c(-c2cccc(S(=O)NCCN3CCOCC3)c2)nc2ncc3c[nH]n(C)c3c12. The summed E-state index contributed by atoms with van der Waals surface area (Å²) in [4.78, 5) is 12.5. The highest BCUT2D eigenvalue weighted by Crippen LogP contribution is 2.34. The highest BCUT2D eigenvalue weighted by atomic mass is 32.2. The summed E-state index contributed by atoms with van der Waals surface area (Å²) in [5.41, 5.74) is 4.89. The number of aromatic amines is 1. The molecule has 0 bridgehead atoms. The number of aryl methyl sites for hydroxylation is 2. The van der Waals surface area contributed by atoms with E-state index in [0.29, 0.717) is 6.54 Å². The van der Waals surface area contributed by atoms with Gasteiger partial charge in [-0.2, -0.15) is 0 Å². The summed E-state index contributed by atoms with van der Waals surface area (Å²) < 4.78 is 23.4. The highest BCUT2D eigenvalue weighted by Gasteiger charge is 2.19. The number of aromatic nitrogens is 4. The Hall–Kier alpha value is -2.59. The summed E-state index contributed by atoms with van der Waals surface area (Å²) in [5, 5.41) is 5.37. The van der Waals surface area contributed by atoms with Crippen LogP contribution < -0.4 is 4.72 Å². The van der Waals surface area contributed by atoms with Gasteiger partial charge in [0.1, 0.15) is 11.0 Å². The number of benzene rings is 1. The van der Waals surface area contributed by atoms with Crippen LogP contribution in [0.25, 0.3) is 33.2 Å². The fourth-order valence-corrected chi connectivity index (χ4v) is 5.28. The number of H-pyrrole nitrogens is 1. The largest absolute Gasteiger partial charge is 0.379 e. The van der Waals surface area contributed by atoms with Gasteiger partial charge in [-0.15, -0.1) is 0 Å². The molecule has 5 rings (SSSR count). The first kappa shape index (κ1) is 21.3. The van der Waals surface area contributed by atoms with Crippen molar-refractivity contribution < 1.29 is 8.95 Å². The first-order chi connectivity index (χ1) is 15.7. The van der Waals surface area contributed by atoms with E-state index >= 15 is 0 Å². The molecule has 168 valence electrons. The zero-order valence-corrected chi connectivity index (χ0v) is 19.2. The molecule has 1 aliphatic rings. The topological polar surface area (TPSA) is 88.1 Å². The molecule has 0 saturated carbocycles. The molecule has 32 heavy (non-hydrogen) atoms. The Bertz CT molecular complexity index is 1270. The molecule has 1 fully saturated rings. The summed E-state index contributed by atoms with van der Waals surface area (Å²) in [5.74, 6) is 0. The lowest BCUT2D eigenvalue weighted by Crippen LogP contribution is -2.40. The fourth-order valence-electron chi connectivity index (χ4n) is 4.41. The predicted octanol–water partition coefficient (Wildman–Crippen LogP) is 2.62. The Morgan fingerprint density at radius 3 is 2.94 bits per heavy atom. The van der Waals surface area contributed by atoms with Crippen LogP contribution in [-0.4, -0.2) is 68.3 Å². The predicted molar refractivity (Wildman–Crippen MR) is 127 cm³/mol. The average Bonchev–Trinajstić information content (AvgIpc) is 3.39. The average molecular weight is 453 g/mol. The number of morpholine rings is 1. The Morgan fingerprint density at radius 1 is 1.28 bits per heavy atom. The quantitative estimate of drug-likeness (QED) is 0.450. The summed E-state index contributed by atoms with van der Waals surface area (Å²) in [6, 6.07) is 7.86. The lowest BCUT2D eigenvalue weighted by atomic mass is 10.0. The van der Waals surface area contributed by atoms with Gasteiger partial charge >= 0.3 is 0 Å². The van der Waals surface area contributed by atoms with Gasteiger partial charge in [0, 0.05) is 56.6 Å². The number of pyridine rings is 1. The van der Waals surface area contributed by atoms with E-state index in [0.717, 1.165) is 82.9 Å². The van der Waals surface area contributed by atoms with Crippen molar-refractivity contribution in [3.63, 3.8) is 0 Å². The maximum atomic E-state index is 12.9. The first-order valence-electron chi connectivity index (χ1n) is 11.0. The van der Waals surface area contributed by atoms with E-state index in [4.69, 9.17) is 9.72 Å². The third kappa shape index (κ3) is 3.97. The van der Waals surface area contributed by atoms with Gasteiger partial charge in [-0.1, -0.05) is 19.1 Å². The molecule has 0 spiro atoms. The summed E-state index contributed by atoms with van der Waals surface area (Å²) >= 11 is 0. The molecule has 2 N–H and O–H groups in total. The van der Waals surface area contributed by atoms with Crippen LogP contribution in [0, 0.1) is 0 Å². The molecule has 1 atom stereocenters. The van der Waals surface area contributed by atoms with Crippen molar-refractivity contribution >= 4 is 32.9 Å². The van der Waals surface area contributed by atoms with Gasteiger partial charge in [0.05, 0.1) is 34.7 Å². The third-order valence-corrected chi connectivity index (χ3v) is 7.20. The normalized spacial score (nSPS) is 16.2. The van der Waals surface area contributed by atoms with Gasteiger partial charge in [-0.05, 0) is 24.1 Å². The summed E-state index contributed by atoms with van der Waals surface area (Å²) in [6.45, 7) is 7.07. The van der Waals surface area contributed by atoms with Crippen molar-refractivity contribution in [3.05, 3.63) is 42.2 Å². The molecule has 0 amide bonds. The van der Waals surface area contributed by atoms with Crippen molar-refractivity contribution in [2.45, 2.75) is 18.2 Å². The minimum absolute atomic E-state index is 0.668. The van der Waals surface area contributed by atoms with Gasteiger partial charge in [-0.25, -0.2) is 18.9 Å². The lowest BCUT2D eigenvalue weighted by molar-refractivity contribution is 0.0390. The lowest BCUT2D eigenvalue weighted by Gasteiger charge is -2.26. The highest BCUT2D eigenvalue weighted by molar-refractivity contribution is 7.83. The maximum absolute atomic E-state index is 12.9. The molecule has 0 radical (unpaired) electrons. The number of ether oxygens (including phenoxy) is 1. The second-order valence-corrected chi connectivity index (χ2v) is 9.33. The zero-order valence-electron chi connectivity index (χ0n) is 18.4. The van der Waals surface area contributed by atoms with E-state index in [9.17, 15) is 4.21 Å². The van der Waals surface area contributed by atoms with Crippen LogP contribution in [0.3, 0.4) is 0 Å². The molecule has 8 nitrogen and oxygen atoms in total. The molecule has 1 saturated heterocycles. The number of rotatable bonds is 7. The van der Waals surface area contributed by atoms with Crippen molar-refractivity contribution in [1.29, 1.82) is 0 Å². The zero-order chi connectivity index (χ0) is 22.1. The molecule has 4 heterocycles. The Kier molecular flexibility index (Phi) is 6.05. The van der Waals surface area contributed by atoms with E-state index in [1.807, 2.05) is 48.4 Å². The van der Waals surface area contributed by atoms with Crippen LogP contribution >= 0.6 is 0 Å². The van der Waals surface area contributed by atoms with E-state index in [-0.39, 0.29) is 0 Å². The second-order valence-electron chi connectivity index (χ2n) is 8.03. The van der Waals surface area contributed by atoms with Crippen LogP contribution in [0.15, 0.2) is 41.6 Å². The Balaban J connectivity index is 1.42. The van der Waals surface area contributed by atoms with Crippen LogP contribution in [0.2, 0.25) is 0 Å². The second kappa shape index (κ2) is 9.11. The molecular weight excluding hydrogens is 424 g/mol. The number of fused-ring (bicyclic) bond motifs is 3. The van der Waals surface area contributed by atoms with Gasteiger partial charge in [0.15, 0.2) is 5.65 Å². The minimum Gasteiger partial charge on any atom is -0.379 e. The molecule has 0 aliphatic carbocycles. The Labute approximate surface area is 189 Å². The van der Waals surface area contributed by atoms with Crippen molar-refractivity contribution in [3.8, 4) is 11.3 Å². The molecule has 3 aromatic heterocycles. The monoisotopic (exact) mass is 452 g/mol. The van der Waals surface area contributed by atoms with E-state index < -0.39 is 11.0 Å². The van der Waals surface area contributed by atoms with Crippen LogP contribution in [0.4, 0.5) is 0 Å². The van der Waals surface area contributed by atoms with Gasteiger partial charge < -0.3 is 9.84 Å². The number of hydrogen-bond donors (Lipinski definition) is 2. The van der Waals surface area contributed by atoms with Gasteiger partial charge in [0.25, 0.3) is 0 Å². The third-order valence-electron chi connectivity index (χ3n) is 6.05. The number of nitrogens with zero attached hydrogens (tertiary/aromatic N) is 4. The van der Waals surface area contributed by atoms with E-state index in [1.165, 1.54) is 0 Å². The van der Waals surface area contributed by atoms with Crippen molar-refractivity contribution in [2.75, 3.05) is 39.4 Å². The van der Waals surface area contributed by atoms with Crippen molar-refractivity contribution in [1.82, 2.24) is 29.4 Å². The minimum atomic E-state index is -1.28. The van der Waals surface area contributed by atoms with Crippen LogP contribution in [0.5, 0.6) is 0 Å². The van der Waals surface area contributed by atoms with Crippen molar-refractivity contribution in [2.24, 2.45) is 7.05 Å². The standard InChI is InChI=1S/C23H28N6O2S/c1-3-19-20-22-17(15-25-28(22)2)14-24-23(20)27-21(19)16-5-4-6-18(13-16)32(30)26-7-8-29-9-11-31-12-10-29/h4-6,13-15,25-26H,3,7-12H2,1-2H3. The van der Waals surface area contributed by atoms with Crippen LogP contribution in [0.1, 0.15) is 12.5 Å². The number of hydrogen-bond acceptors (Lipinski definition) is 5. The molecule has 1 unspecified atom stereocenters. The Morgan fingerprint density at radius 2 is 2.12 bits per heavy atom. The summed E-state index contributed by atoms with van der Waals surface area (Å²) in [7, 11) is 0.722. The fraction of sp³-hybridized carbons (Fsp3) is 0.391. The number of nitrogens with one attached hydrogen (secondary N) is 2. The molecule has 4 aromatic rings. The van der Waals surface area contributed by atoms with Crippen LogP contribution in [-0.2, 0) is 29.2 Å². The molecular formula is C23H28N6O2S. The molecule has 9 heteroatoms. The molecule has 1 aromatic carbocycles.